The number of anilines is 1. The van der Waals surface area contributed by atoms with Crippen molar-refractivity contribution in [3.63, 3.8) is 0 Å². The highest BCUT2D eigenvalue weighted by molar-refractivity contribution is 5.89. The van der Waals surface area contributed by atoms with Crippen LogP contribution >= 0.6 is 0 Å². The van der Waals surface area contributed by atoms with E-state index in [9.17, 15) is 9.18 Å². The summed E-state index contributed by atoms with van der Waals surface area (Å²) in [6, 6.07) is 5.82. The number of halogens is 1. The second-order valence-electron chi connectivity index (χ2n) is 4.46. The second-order valence-corrected chi connectivity index (χ2v) is 4.46. The number of rotatable bonds is 5. The number of nitrogens with zero attached hydrogens (tertiary/aromatic N) is 2. The number of urea groups is 1. The highest BCUT2D eigenvalue weighted by Crippen LogP contribution is 2.15. The van der Waals surface area contributed by atoms with Gasteiger partial charge in [0.05, 0.1) is 0 Å². The molecular formula is C14H17FN4O. The standard InChI is InChI=1S/C14H17FN4O/c1-11-4-5-12(15)10-13(11)18-14(20)16-6-2-8-19-9-3-7-17-19/h3-5,7,9-10H,2,6,8H2,1H3,(H2,16,18,20). The molecule has 0 saturated heterocycles. The van der Waals surface area contributed by atoms with E-state index >= 15 is 0 Å². The third-order valence-electron chi connectivity index (χ3n) is 2.86. The fourth-order valence-electron chi connectivity index (χ4n) is 1.77. The zero-order chi connectivity index (χ0) is 14.4. The largest absolute Gasteiger partial charge is 0.338 e. The molecule has 0 atom stereocenters. The summed E-state index contributed by atoms with van der Waals surface area (Å²) < 4.78 is 14.9. The van der Waals surface area contributed by atoms with Crippen LogP contribution in [0.4, 0.5) is 14.9 Å². The Morgan fingerprint density at radius 1 is 1.45 bits per heavy atom. The van der Waals surface area contributed by atoms with Gasteiger partial charge in [0.25, 0.3) is 0 Å². The maximum absolute atomic E-state index is 13.1. The molecule has 20 heavy (non-hydrogen) atoms. The number of aromatic nitrogens is 2. The lowest BCUT2D eigenvalue weighted by molar-refractivity contribution is 0.251. The summed E-state index contributed by atoms with van der Waals surface area (Å²) in [5, 5.41) is 9.43. The molecule has 0 spiro atoms. The number of carbonyl (C=O) groups excluding carboxylic acids is 1. The number of hydrogen-bond acceptors (Lipinski definition) is 2. The Morgan fingerprint density at radius 2 is 2.30 bits per heavy atom. The predicted molar refractivity (Wildman–Crippen MR) is 75.0 cm³/mol. The Kier molecular flexibility index (Phi) is 4.70. The number of hydrogen-bond donors (Lipinski definition) is 2. The van der Waals surface area contributed by atoms with Gasteiger partial charge in [-0.15, -0.1) is 0 Å². The second kappa shape index (κ2) is 6.70. The van der Waals surface area contributed by atoms with Crippen LogP contribution in [0.1, 0.15) is 12.0 Å². The van der Waals surface area contributed by atoms with Crippen molar-refractivity contribution in [3.8, 4) is 0 Å². The monoisotopic (exact) mass is 276 g/mol. The minimum absolute atomic E-state index is 0.334. The summed E-state index contributed by atoms with van der Waals surface area (Å²) in [6.07, 6.45) is 4.36. The number of aryl methyl sites for hydroxylation is 2. The third-order valence-corrected chi connectivity index (χ3v) is 2.86. The molecule has 0 aliphatic carbocycles. The van der Waals surface area contributed by atoms with Gasteiger partial charge in [-0.2, -0.15) is 5.10 Å². The van der Waals surface area contributed by atoms with Crippen LogP contribution in [0.2, 0.25) is 0 Å². The highest BCUT2D eigenvalue weighted by atomic mass is 19.1. The Labute approximate surface area is 116 Å². The normalized spacial score (nSPS) is 10.3. The fraction of sp³-hybridized carbons (Fsp3) is 0.286. The first-order chi connectivity index (χ1) is 9.65. The summed E-state index contributed by atoms with van der Waals surface area (Å²) >= 11 is 0. The van der Waals surface area contributed by atoms with Crippen molar-refractivity contribution < 1.29 is 9.18 Å². The first-order valence-corrected chi connectivity index (χ1v) is 6.43. The molecule has 1 heterocycles. The fourth-order valence-corrected chi connectivity index (χ4v) is 1.77. The Balaban J connectivity index is 1.73. The molecule has 5 nitrogen and oxygen atoms in total. The van der Waals surface area contributed by atoms with Gasteiger partial charge in [-0.3, -0.25) is 4.68 Å². The van der Waals surface area contributed by atoms with Gasteiger partial charge >= 0.3 is 6.03 Å². The van der Waals surface area contributed by atoms with Gasteiger partial charge in [-0.1, -0.05) is 6.07 Å². The van der Waals surface area contributed by atoms with E-state index in [1.807, 2.05) is 19.2 Å². The first-order valence-electron chi connectivity index (χ1n) is 6.43. The smallest absolute Gasteiger partial charge is 0.319 e. The van der Waals surface area contributed by atoms with Crippen molar-refractivity contribution in [3.05, 3.63) is 48.0 Å². The van der Waals surface area contributed by atoms with E-state index in [0.717, 1.165) is 18.5 Å². The van der Waals surface area contributed by atoms with Crippen LogP contribution in [0.15, 0.2) is 36.7 Å². The van der Waals surface area contributed by atoms with E-state index in [1.165, 1.54) is 12.1 Å². The van der Waals surface area contributed by atoms with Crippen LogP contribution in [-0.4, -0.2) is 22.4 Å². The molecule has 0 fully saturated rings. The molecule has 0 aliphatic heterocycles. The number of nitrogens with one attached hydrogen (secondary N) is 2. The lowest BCUT2D eigenvalue weighted by Gasteiger charge is -2.10. The molecule has 2 amide bonds. The van der Waals surface area contributed by atoms with E-state index in [0.29, 0.717) is 12.2 Å². The maximum atomic E-state index is 13.1. The molecule has 2 aromatic rings. The molecule has 106 valence electrons. The molecule has 0 bridgehead atoms. The highest BCUT2D eigenvalue weighted by Gasteiger charge is 2.05. The van der Waals surface area contributed by atoms with E-state index < -0.39 is 0 Å². The van der Waals surface area contributed by atoms with Crippen molar-refractivity contribution in [2.24, 2.45) is 0 Å². The topological polar surface area (TPSA) is 59.0 Å². The maximum Gasteiger partial charge on any atom is 0.319 e. The molecule has 1 aromatic heterocycles. The van der Waals surface area contributed by atoms with E-state index in [4.69, 9.17) is 0 Å². The zero-order valence-electron chi connectivity index (χ0n) is 11.3. The molecule has 0 radical (unpaired) electrons. The van der Waals surface area contributed by atoms with Crippen LogP contribution in [-0.2, 0) is 6.54 Å². The molecule has 0 aliphatic rings. The minimum atomic E-state index is -0.371. The van der Waals surface area contributed by atoms with Crippen LogP contribution < -0.4 is 10.6 Å². The van der Waals surface area contributed by atoms with Gasteiger partial charge < -0.3 is 10.6 Å². The van der Waals surface area contributed by atoms with E-state index in [1.54, 1.807) is 16.9 Å². The Morgan fingerprint density at radius 3 is 3.05 bits per heavy atom. The lowest BCUT2D eigenvalue weighted by Crippen LogP contribution is -2.30. The molecule has 6 heteroatoms. The average molecular weight is 276 g/mol. The number of amides is 2. The lowest BCUT2D eigenvalue weighted by atomic mass is 10.2. The molecule has 0 unspecified atom stereocenters. The number of benzene rings is 1. The van der Waals surface area contributed by atoms with Gasteiger partial charge in [0.2, 0.25) is 0 Å². The van der Waals surface area contributed by atoms with Gasteiger partial charge in [-0.05, 0) is 37.1 Å². The molecule has 0 saturated carbocycles. The van der Waals surface area contributed by atoms with Gasteiger partial charge in [-0.25, -0.2) is 9.18 Å². The SMILES string of the molecule is Cc1ccc(F)cc1NC(=O)NCCCn1cccn1. The summed E-state index contributed by atoms with van der Waals surface area (Å²) in [6.45, 7) is 3.08. The third kappa shape index (κ3) is 4.08. The van der Waals surface area contributed by atoms with Crippen molar-refractivity contribution in [1.82, 2.24) is 15.1 Å². The first kappa shape index (κ1) is 14.0. The van der Waals surface area contributed by atoms with Crippen LogP contribution in [0.5, 0.6) is 0 Å². The molecule has 1 aromatic carbocycles. The van der Waals surface area contributed by atoms with Gasteiger partial charge in [0.15, 0.2) is 0 Å². The van der Waals surface area contributed by atoms with Gasteiger partial charge in [0, 0.05) is 31.2 Å². The zero-order valence-corrected chi connectivity index (χ0v) is 11.3. The van der Waals surface area contributed by atoms with Crippen molar-refractivity contribution in [2.45, 2.75) is 19.9 Å². The number of carbonyl (C=O) groups is 1. The molecule has 2 N–H and O–H groups in total. The van der Waals surface area contributed by atoms with Crippen molar-refractivity contribution in [1.29, 1.82) is 0 Å². The molecule has 2 rings (SSSR count). The van der Waals surface area contributed by atoms with Crippen LogP contribution in [0, 0.1) is 12.7 Å². The van der Waals surface area contributed by atoms with Crippen molar-refractivity contribution in [2.75, 3.05) is 11.9 Å². The van der Waals surface area contributed by atoms with E-state index in [-0.39, 0.29) is 11.8 Å². The summed E-state index contributed by atoms with van der Waals surface area (Å²) in [5.74, 6) is -0.371. The average Bonchev–Trinajstić information content (AvgIpc) is 2.92. The summed E-state index contributed by atoms with van der Waals surface area (Å²) in [4.78, 5) is 11.7. The Hall–Kier alpha value is -2.37. The summed E-state index contributed by atoms with van der Waals surface area (Å²) in [5.41, 5.74) is 1.30. The van der Waals surface area contributed by atoms with Gasteiger partial charge in [0.1, 0.15) is 5.82 Å². The Bertz CT molecular complexity index is 569. The minimum Gasteiger partial charge on any atom is -0.338 e. The van der Waals surface area contributed by atoms with E-state index in [2.05, 4.69) is 15.7 Å². The van der Waals surface area contributed by atoms with Crippen LogP contribution in [0.3, 0.4) is 0 Å². The molecular weight excluding hydrogens is 259 g/mol. The summed E-state index contributed by atoms with van der Waals surface area (Å²) in [7, 11) is 0. The quantitative estimate of drug-likeness (QED) is 0.824. The van der Waals surface area contributed by atoms with Crippen LogP contribution in [0.25, 0.3) is 0 Å². The van der Waals surface area contributed by atoms with Crippen molar-refractivity contribution >= 4 is 11.7 Å². The predicted octanol–water partition coefficient (Wildman–Crippen LogP) is 2.54.